The summed E-state index contributed by atoms with van der Waals surface area (Å²) >= 11 is 1.73. The van der Waals surface area contributed by atoms with E-state index in [2.05, 4.69) is 61.3 Å². The van der Waals surface area contributed by atoms with Crippen LogP contribution in [0.5, 0.6) is 0 Å². The molecule has 3 N–H and O–H groups in total. The summed E-state index contributed by atoms with van der Waals surface area (Å²) in [5.41, 5.74) is 9.76. The van der Waals surface area contributed by atoms with E-state index in [1.807, 2.05) is 43.8 Å². The lowest BCUT2D eigenvalue weighted by molar-refractivity contribution is 0.372. The van der Waals surface area contributed by atoms with Gasteiger partial charge < -0.3 is 10.3 Å². The number of piperidine rings is 1. The van der Waals surface area contributed by atoms with Crippen LogP contribution >= 0.6 is 11.3 Å². The van der Waals surface area contributed by atoms with Crippen LogP contribution in [0.25, 0.3) is 60.6 Å². The molecule has 7 rings (SSSR count). The summed E-state index contributed by atoms with van der Waals surface area (Å²) in [4.78, 5) is 20.0. The molecule has 7 nitrogen and oxygen atoms in total. The Kier molecular flexibility index (Phi) is 6.06. The molecule has 1 fully saturated rings. The fraction of sp³-hybridized carbons (Fsp3) is 0.226. The lowest BCUT2D eigenvalue weighted by atomic mass is 9.91. The average molecular weight is 532 g/mol. The maximum atomic E-state index is 5.06. The Hall–Kier alpha value is -4.14. The highest BCUT2D eigenvalue weighted by Crippen LogP contribution is 2.37. The van der Waals surface area contributed by atoms with Gasteiger partial charge in [-0.05, 0) is 92.7 Å². The molecule has 0 atom stereocenters. The molecule has 8 heteroatoms. The lowest BCUT2D eigenvalue weighted by Gasteiger charge is -2.22. The molecule has 0 bridgehead atoms. The van der Waals surface area contributed by atoms with Crippen molar-refractivity contribution in [1.29, 1.82) is 0 Å². The quantitative estimate of drug-likeness (QED) is 0.218. The molecule has 7 heterocycles. The van der Waals surface area contributed by atoms with Gasteiger partial charge >= 0.3 is 0 Å². The number of aromatic amines is 2. The van der Waals surface area contributed by atoms with E-state index in [1.54, 1.807) is 11.3 Å². The zero-order valence-corrected chi connectivity index (χ0v) is 22.6. The van der Waals surface area contributed by atoms with Gasteiger partial charge in [0.05, 0.1) is 28.6 Å². The first-order valence-electron chi connectivity index (χ1n) is 13.4. The van der Waals surface area contributed by atoms with E-state index in [0.29, 0.717) is 5.92 Å². The number of hydrogen-bond donors (Lipinski definition) is 3. The number of nitrogens with one attached hydrogen (secondary N) is 3. The molecule has 0 spiro atoms. The highest BCUT2D eigenvalue weighted by Gasteiger charge is 2.18. The van der Waals surface area contributed by atoms with E-state index in [-0.39, 0.29) is 0 Å². The van der Waals surface area contributed by atoms with E-state index in [0.717, 1.165) is 75.2 Å². The summed E-state index contributed by atoms with van der Waals surface area (Å²) in [7, 11) is 0. The summed E-state index contributed by atoms with van der Waals surface area (Å²) in [5.74, 6) is 0.710. The Morgan fingerprint density at radius 1 is 1.00 bits per heavy atom. The SMILES string of the molecule is C=C(C)c1ccc(-c2cncc3[nH]c(-c4n[nH]c5ccc(-c6cncc(CC7CCNCC7)c6)nc45)cc23)s1. The van der Waals surface area contributed by atoms with Gasteiger partial charge in [-0.3, -0.25) is 15.1 Å². The third-order valence-electron chi connectivity index (χ3n) is 7.57. The Morgan fingerprint density at radius 3 is 2.72 bits per heavy atom. The largest absolute Gasteiger partial charge is 0.352 e. The average Bonchev–Trinajstić information content (AvgIpc) is 3.71. The molecule has 0 unspecified atom stereocenters. The lowest BCUT2D eigenvalue weighted by Crippen LogP contribution is -2.28. The number of rotatable bonds is 6. The molecule has 0 amide bonds. The van der Waals surface area contributed by atoms with E-state index in [4.69, 9.17) is 4.98 Å². The van der Waals surface area contributed by atoms with Crippen molar-refractivity contribution in [1.82, 2.24) is 35.5 Å². The van der Waals surface area contributed by atoms with Crippen LogP contribution in [0.1, 0.15) is 30.2 Å². The minimum absolute atomic E-state index is 0.710. The number of fused-ring (bicyclic) bond motifs is 2. The second-order valence-corrected chi connectivity index (χ2v) is 11.5. The molecular weight excluding hydrogens is 502 g/mol. The zero-order chi connectivity index (χ0) is 26.3. The number of hydrogen-bond acceptors (Lipinski definition) is 6. The molecule has 0 radical (unpaired) electrons. The molecular formula is C31H29N7S. The van der Waals surface area contributed by atoms with Crippen LogP contribution in [-0.2, 0) is 6.42 Å². The van der Waals surface area contributed by atoms with Gasteiger partial charge in [0.1, 0.15) is 11.2 Å². The number of aromatic nitrogens is 6. The van der Waals surface area contributed by atoms with Crippen molar-refractivity contribution in [2.75, 3.05) is 13.1 Å². The van der Waals surface area contributed by atoms with Gasteiger partial charge in [0, 0.05) is 44.9 Å². The van der Waals surface area contributed by atoms with Gasteiger partial charge in [0.2, 0.25) is 0 Å². The van der Waals surface area contributed by atoms with Crippen molar-refractivity contribution in [2.24, 2.45) is 5.92 Å². The van der Waals surface area contributed by atoms with Crippen molar-refractivity contribution >= 4 is 38.8 Å². The van der Waals surface area contributed by atoms with Crippen molar-refractivity contribution in [3.63, 3.8) is 0 Å². The Morgan fingerprint density at radius 2 is 1.87 bits per heavy atom. The third kappa shape index (κ3) is 4.56. The molecule has 194 valence electrons. The summed E-state index contributed by atoms with van der Waals surface area (Å²) in [6.45, 7) is 8.33. The standard InChI is InChI=1S/C31H29N7S/c1-18(2)28-5-6-29(39-28)23-16-34-17-27-22(23)13-26(35-27)31-30-25(37-38-31)4-3-24(36-30)21-12-20(14-33-15-21)11-19-7-9-32-10-8-19/h3-6,12-17,19,32,35H,1,7-11H2,2H3,(H,37,38). The number of pyridine rings is 3. The van der Waals surface area contributed by atoms with Crippen LogP contribution in [0.2, 0.25) is 0 Å². The zero-order valence-electron chi connectivity index (χ0n) is 21.8. The number of allylic oxidation sites excluding steroid dienone is 1. The van der Waals surface area contributed by atoms with Gasteiger partial charge in [-0.25, -0.2) is 4.98 Å². The first-order chi connectivity index (χ1) is 19.1. The summed E-state index contributed by atoms with van der Waals surface area (Å²) in [6.07, 6.45) is 11.2. The molecule has 39 heavy (non-hydrogen) atoms. The fourth-order valence-electron chi connectivity index (χ4n) is 5.49. The van der Waals surface area contributed by atoms with Crippen LogP contribution in [-0.4, -0.2) is 43.2 Å². The maximum Gasteiger partial charge on any atom is 0.135 e. The van der Waals surface area contributed by atoms with Crippen molar-refractivity contribution < 1.29 is 0 Å². The summed E-state index contributed by atoms with van der Waals surface area (Å²) in [5, 5.41) is 12.4. The highest BCUT2D eigenvalue weighted by molar-refractivity contribution is 7.16. The third-order valence-corrected chi connectivity index (χ3v) is 8.85. The first-order valence-corrected chi connectivity index (χ1v) is 14.2. The van der Waals surface area contributed by atoms with Gasteiger partial charge in [-0.2, -0.15) is 5.10 Å². The highest BCUT2D eigenvalue weighted by atomic mass is 32.1. The minimum Gasteiger partial charge on any atom is -0.352 e. The Labute approximate surface area is 230 Å². The van der Waals surface area contributed by atoms with E-state index in [1.165, 1.54) is 28.2 Å². The van der Waals surface area contributed by atoms with Crippen LogP contribution in [0.3, 0.4) is 0 Å². The van der Waals surface area contributed by atoms with Gasteiger partial charge in [-0.1, -0.05) is 6.58 Å². The fourth-order valence-corrected chi connectivity index (χ4v) is 6.45. The summed E-state index contributed by atoms with van der Waals surface area (Å²) < 4.78 is 0. The Balaban J connectivity index is 1.25. The van der Waals surface area contributed by atoms with Crippen molar-refractivity contribution in [3.05, 3.63) is 78.2 Å². The van der Waals surface area contributed by atoms with Gasteiger partial charge in [-0.15, -0.1) is 11.3 Å². The van der Waals surface area contributed by atoms with E-state index in [9.17, 15) is 0 Å². The van der Waals surface area contributed by atoms with Crippen LogP contribution < -0.4 is 5.32 Å². The molecule has 1 saturated heterocycles. The molecule has 0 aromatic carbocycles. The number of nitrogens with zero attached hydrogens (tertiary/aromatic N) is 4. The van der Waals surface area contributed by atoms with E-state index >= 15 is 0 Å². The maximum absolute atomic E-state index is 5.06. The van der Waals surface area contributed by atoms with E-state index < -0.39 is 0 Å². The second-order valence-electron chi connectivity index (χ2n) is 10.4. The molecule has 1 aliphatic heterocycles. The first kappa shape index (κ1) is 23.9. The smallest absolute Gasteiger partial charge is 0.135 e. The minimum atomic E-state index is 0.710. The predicted molar refractivity (Wildman–Crippen MR) is 160 cm³/mol. The number of H-pyrrole nitrogens is 2. The molecule has 0 aliphatic carbocycles. The van der Waals surface area contributed by atoms with Crippen LogP contribution in [0.15, 0.2) is 67.8 Å². The predicted octanol–water partition coefficient (Wildman–Crippen LogP) is 6.87. The topological polar surface area (TPSA) is 95.2 Å². The molecule has 0 saturated carbocycles. The van der Waals surface area contributed by atoms with Crippen molar-refractivity contribution in [2.45, 2.75) is 26.2 Å². The molecule has 6 aromatic rings. The second kappa shape index (κ2) is 9.87. The number of thiophene rings is 1. The van der Waals surface area contributed by atoms with Crippen LogP contribution in [0.4, 0.5) is 0 Å². The van der Waals surface area contributed by atoms with Crippen LogP contribution in [0, 0.1) is 5.92 Å². The molecule has 1 aliphatic rings. The molecule has 6 aromatic heterocycles. The van der Waals surface area contributed by atoms with Gasteiger partial charge in [0.15, 0.2) is 0 Å². The Bertz CT molecular complexity index is 1820. The normalized spacial score (nSPS) is 14.4. The van der Waals surface area contributed by atoms with Crippen molar-refractivity contribution in [3.8, 4) is 33.1 Å². The monoisotopic (exact) mass is 531 g/mol. The van der Waals surface area contributed by atoms with Gasteiger partial charge in [0.25, 0.3) is 0 Å². The summed E-state index contributed by atoms with van der Waals surface area (Å²) in [6, 6.07) is 12.7.